The third-order valence-electron chi connectivity index (χ3n) is 3.23. The number of esters is 1. The largest absolute Gasteiger partial charge is 0.497 e. The molecule has 1 N–H and O–H groups in total. The van der Waals surface area contributed by atoms with Gasteiger partial charge < -0.3 is 14.8 Å². The highest BCUT2D eigenvalue weighted by atomic mass is 16.5. The highest BCUT2D eigenvalue weighted by Crippen LogP contribution is 2.11. The Labute approximate surface area is 139 Å². The van der Waals surface area contributed by atoms with Crippen LogP contribution < -0.4 is 10.1 Å². The van der Waals surface area contributed by atoms with Gasteiger partial charge in [-0.05, 0) is 42.0 Å². The molecule has 6 nitrogen and oxygen atoms in total. The van der Waals surface area contributed by atoms with Crippen molar-refractivity contribution in [3.63, 3.8) is 0 Å². The van der Waals surface area contributed by atoms with Gasteiger partial charge in [-0.25, -0.2) is 0 Å². The Kier molecular flexibility index (Phi) is 5.92. The van der Waals surface area contributed by atoms with Gasteiger partial charge in [-0.15, -0.1) is 0 Å². The molecule has 0 unspecified atom stereocenters. The number of nitriles is 1. The number of amides is 1. The third-order valence-corrected chi connectivity index (χ3v) is 3.23. The van der Waals surface area contributed by atoms with E-state index < -0.39 is 5.97 Å². The van der Waals surface area contributed by atoms with E-state index in [0.29, 0.717) is 16.9 Å². The van der Waals surface area contributed by atoms with Gasteiger partial charge in [0.15, 0.2) is 0 Å². The molecule has 0 heterocycles. The van der Waals surface area contributed by atoms with E-state index in [-0.39, 0.29) is 19.1 Å². The number of carbonyl (C=O) groups excluding carboxylic acids is 2. The van der Waals surface area contributed by atoms with Gasteiger partial charge in [0.05, 0.1) is 18.7 Å². The number of benzene rings is 2. The SMILES string of the molecule is COc1ccc(C(=O)NCC(=O)OCc2ccc(C#N)cc2)cc1. The molecule has 0 bridgehead atoms. The quantitative estimate of drug-likeness (QED) is 0.822. The summed E-state index contributed by atoms with van der Waals surface area (Å²) in [5, 5.41) is 11.2. The van der Waals surface area contributed by atoms with Gasteiger partial charge in [0.2, 0.25) is 0 Å². The van der Waals surface area contributed by atoms with Gasteiger partial charge in [-0.2, -0.15) is 5.26 Å². The highest BCUT2D eigenvalue weighted by Gasteiger charge is 2.09. The minimum absolute atomic E-state index is 0.0863. The summed E-state index contributed by atoms with van der Waals surface area (Å²) in [6.07, 6.45) is 0. The number of hydrogen-bond donors (Lipinski definition) is 1. The Morgan fingerprint density at radius 2 is 1.75 bits per heavy atom. The lowest BCUT2D eigenvalue weighted by atomic mass is 10.2. The summed E-state index contributed by atoms with van der Waals surface area (Å²) in [6.45, 7) is -0.135. The standard InChI is InChI=1S/C18H16N2O4/c1-23-16-8-6-15(7-9-16)18(22)20-11-17(21)24-12-14-4-2-13(10-19)3-5-14/h2-9H,11-12H2,1H3,(H,20,22). The Morgan fingerprint density at radius 1 is 1.08 bits per heavy atom. The van der Waals surface area contributed by atoms with E-state index >= 15 is 0 Å². The zero-order valence-electron chi connectivity index (χ0n) is 13.1. The molecule has 2 aromatic carbocycles. The first-order valence-electron chi connectivity index (χ1n) is 7.19. The van der Waals surface area contributed by atoms with Gasteiger partial charge >= 0.3 is 5.97 Å². The molecule has 2 aromatic rings. The zero-order chi connectivity index (χ0) is 17.4. The third kappa shape index (κ3) is 4.85. The lowest BCUT2D eigenvalue weighted by Gasteiger charge is -2.07. The van der Waals surface area contributed by atoms with Crippen molar-refractivity contribution in [1.29, 1.82) is 5.26 Å². The van der Waals surface area contributed by atoms with Crippen molar-refractivity contribution in [1.82, 2.24) is 5.32 Å². The van der Waals surface area contributed by atoms with E-state index in [1.54, 1.807) is 55.6 Å². The summed E-state index contributed by atoms with van der Waals surface area (Å²) >= 11 is 0. The van der Waals surface area contributed by atoms with Crippen LogP contribution in [0.4, 0.5) is 0 Å². The van der Waals surface area contributed by atoms with E-state index in [0.717, 1.165) is 5.56 Å². The zero-order valence-corrected chi connectivity index (χ0v) is 13.1. The van der Waals surface area contributed by atoms with Crippen LogP contribution in [0.5, 0.6) is 5.75 Å². The van der Waals surface area contributed by atoms with E-state index in [9.17, 15) is 9.59 Å². The average molecular weight is 324 g/mol. The van der Waals surface area contributed by atoms with Gasteiger partial charge in [0.1, 0.15) is 18.9 Å². The van der Waals surface area contributed by atoms with Crippen molar-refractivity contribution in [3.05, 3.63) is 65.2 Å². The molecule has 0 spiro atoms. The summed E-state index contributed by atoms with van der Waals surface area (Å²) < 4.78 is 10.1. The number of nitrogens with zero attached hydrogens (tertiary/aromatic N) is 1. The first-order valence-corrected chi connectivity index (χ1v) is 7.19. The van der Waals surface area contributed by atoms with Crippen LogP contribution in [0, 0.1) is 11.3 Å². The molecule has 2 rings (SSSR count). The molecular weight excluding hydrogens is 308 g/mol. The summed E-state index contributed by atoms with van der Waals surface area (Å²) in [4.78, 5) is 23.6. The number of ether oxygens (including phenoxy) is 2. The van der Waals surface area contributed by atoms with Crippen molar-refractivity contribution in [3.8, 4) is 11.8 Å². The fourth-order valence-electron chi connectivity index (χ4n) is 1.89. The molecule has 0 aliphatic rings. The molecule has 24 heavy (non-hydrogen) atoms. The van der Waals surface area contributed by atoms with Crippen LogP contribution in [0.1, 0.15) is 21.5 Å². The summed E-state index contributed by atoms with van der Waals surface area (Å²) in [5.41, 5.74) is 1.73. The Morgan fingerprint density at radius 3 is 2.33 bits per heavy atom. The van der Waals surface area contributed by atoms with E-state index in [1.165, 1.54) is 0 Å². The second-order valence-corrected chi connectivity index (χ2v) is 4.88. The topological polar surface area (TPSA) is 88.4 Å². The van der Waals surface area contributed by atoms with Crippen LogP contribution >= 0.6 is 0 Å². The van der Waals surface area contributed by atoms with Crippen LogP contribution in [0.2, 0.25) is 0 Å². The van der Waals surface area contributed by atoms with Gasteiger partial charge in [0.25, 0.3) is 5.91 Å². The van der Waals surface area contributed by atoms with Gasteiger partial charge in [0, 0.05) is 5.56 Å². The normalized spacial score (nSPS) is 9.67. The fraction of sp³-hybridized carbons (Fsp3) is 0.167. The second kappa shape index (κ2) is 8.34. The van der Waals surface area contributed by atoms with E-state index in [4.69, 9.17) is 14.7 Å². The van der Waals surface area contributed by atoms with Crippen LogP contribution in [-0.4, -0.2) is 25.5 Å². The van der Waals surface area contributed by atoms with Gasteiger partial charge in [-0.1, -0.05) is 12.1 Å². The molecule has 0 saturated carbocycles. The molecule has 0 radical (unpaired) electrons. The minimum atomic E-state index is -0.541. The maximum Gasteiger partial charge on any atom is 0.325 e. The number of carbonyl (C=O) groups is 2. The number of hydrogen-bond acceptors (Lipinski definition) is 5. The lowest BCUT2D eigenvalue weighted by molar-refractivity contribution is -0.143. The fourth-order valence-corrected chi connectivity index (χ4v) is 1.89. The minimum Gasteiger partial charge on any atom is -0.497 e. The predicted molar refractivity (Wildman–Crippen MR) is 86.3 cm³/mol. The van der Waals surface area contributed by atoms with Gasteiger partial charge in [-0.3, -0.25) is 9.59 Å². The van der Waals surface area contributed by atoms with Crippen LogP contribution in [0.3, 0.4) is 0 Å². The highest BCUT2D eigenvalue weighted by molar-refractivity contribution is 5.96. The molecule has 0 fully saturated rings. The molecule has 1 amide bonds. The van der Waals surface area contributed by atoms with Crippen LogP contribution in [0.25, 0.3) is 0 Å². The number of nitrogens with one attached hydrogen (secondary N) is 1. The first-order chi connectivity index (χ1) is 11.6. The van der Waals surface area contributed by atoms with E-state index in [2.05, 4.69) is 5.32 Å². The maximum atomic E-state index is 11.9. The smallest absolute Gasteiger partial charge is 0.325 e. The number of methoxy groups -OCH3 is 1. The molecule has 6 heteroatoms. The van der Waals surface area contributed by atoms with Crippen molar-refractivity contribution < 1.29 is 19.1 Å². The number of rotatable bonds is 6. The summed E-state index contributed by atoms with van der Waals surface area (Å²) in [7, 11) is 1.54. The molecule has 0 aromatic heterocycles. The second-order valence-electron chi connectivity index (χ2n) is 4.88. The van der Waals surface area contributed by atoms with E-state index in [1.807, 2.05) is 6.07 Å². The van der Waals surface area contributed by atoms with Crippen molar-refractivity contribution >= 4 is 11.9 Å². The first kappa shape index (κ1) is 17.0. The Balaban J connectivity index is 1.77. The molecular formula is C18H16N2O4. The van der Waals surface area contributed by atoms with Crippen molar-refractivity contribution in [2.24, 2.45) is 0 Å². The molecule has 122 valence electrons. The van der Waals surface area contributed by atoms with Crippen molar-refractivity contribution in [2.45, 2.75) is 6.61 Å². The Bertz CT molecular complexity index is 746. The molecule has 0 atom stereocenters. The maximum absolute atomic E-state index is 11.9. The monoisotopic (exact) mass is 324 g/mol. The average Bonchev–Trinajstić information content (AvgIpc) is 2.64. The Hall–Kier alpha value is -3.33. The molecule has 0 aliphatic carbocycles. The molecule has 0 saturated heterocycles. The predicted octanol–water partition coefficient (Wildman–Crippen LogP) is 2.04. The van der Waals surface area contributed by atoms with Crippen LogP contribution in [-0.2, 0) is 16.1 Å². The lowest BCUT2D eigenvalue weighted by Crippen LogP contribution is -2.30. The summed E-state index contributed by atoms with van der Waals surface area (Å²) in [5.74, 6) is -0.262. The van der Waals surface area contributed by atoms with Crippen molar-refractivity contribution in [2.75, 3.05) is 13.7 Å². The van der Waals surface area contributed by atoms with Crippen LogP contribution in [0.15, 0.2) is 48.5 Å². The summed E-state index contributed by atoms with van der Waals surface area (Å²) in [6, 6.07) is 15.3. The molecule has 0 aliphatic heterocycles.